The Bertz CT molecular complexity index is 320. The molecule has 0 spiro atoms. The number of aromatic nitrogens is 2. The molecule has 0 saturated carbocycles. The molecular weight excluding hydrogens is 202 g/mol. The van der Waals surface area contributed by atoms with Gasteiger partial charge in [-0.3, -0.25) is 9.97 Å². The molecule has 0 amide bonds. The van der Waals surface area contributed by atoms with Crippen LogP contribution in [0.1, 0.15) is 43.1 Å². The number of nitrogens with two attached hydrogens (primary N) is 1. The third-order valence-corrected chi connectivity index (χ3v) is 3.00. The van der Waals surface area contributed by atoms with Crippen molar-refractivity contribution >= 4 is 0 Å². The van der Waals surface area contributed by atoms with Gasteiger partial charge in [0.25, 0.3) is 0 Å². The van der Waals surface area contributed by atoms with Crippen LogP contribution in [0.2, 0.25) is 0 Å². The Balaban J connectivity index is 1.82. The molecule has 2 heterocycles. The highest BCUT2D eigenvalue weighted by molar-refractivity contribution is 5.04. The van der Waals surface area contributed by atoms with Crippen molar-refractivity contribution in [1.29, 1.82) is 0 Å². The second-order valence-corrected chi connectivity index (χ2v) is 4.40. The molecule has 1 aromatic heterocycles. The highest BCUT2D eigenvalue weighted by Crippen LogP contribution is 2.21. The Morgan fingerprint density at radius 1 is 1.50 bits per heavy atom. The highest BCUT2D eigenvalue weighted by atomic mass is 16.5. The minimum absolute atomic E-state index is 0.0164. The molecule has 1 aromatic rings. The third-order valence-electron chi connectivity index (χ3n) is 3.00. The summed E-state index contributed by atoms with van der Waals surface area (Å²) >= 11 is 0. The lowest BCUT2D eigenvalue weighted by atomic mass is 10.0. The molecule has 4 heteroatoms. The van der Waals surface area contributed by atoms with Gasteiger partial charge in [-0.05, 0) is 32.6 Å². The van der Waals surface area contributed by atoms with Crippen molar-refractivity contribution in [2.45, 2.75) is 44.8 Å². The summed E-state index contributed by atoms with van der Waals surface area (Å²) in [5.41, 5.74) is 7.87. The van der Waals surface area contributed by atoms with Crippen LogP contribution >= 0.6 is 0 Å². The topological polar surface area (TPSA) is 61.0 Å². The molecule has 88 valence electrons. The average molecular weight is 221 g/mol. The lowest BCUT2D eigenvalue weighted by Crippen LogP contribution is -2.16. The van der Waals surface area contributed by atoms with E-state index >= 15 is 0 Å². The van der Waals surface area contributed by atoms with Crippen molar-refractivity contribution in [2.75, 3.05) is 6.61 Å². The van der Waals surface area contributed by atoms with Gasteiger partial charge >= 0.3 is 0 Å². The molecule has 2 unspecified atom stereocenters. The SMILES string of the molecule is Cc1cnc(C(N)CCC2CCCO2)cn1. The number of ether oxygens (including phenoxy) is 1. The van der Waals surface area contributed by atoms with E-state index in [0.29, 0.717) is 6.10 Å². The lowest BCUT2D eigenvalue weighted by molar-refractivity contribution is 0.101. The Morgan fingerprint density at radius 3 is 3.00 bits per heavy atom. The number of rotatable bonds is 4. The van der Waals surface area contributed by atoms with Gasteiger partial charge in [-0.1, -0.05) is 0 Å². The molecule has 2 rings (SSSR count). The highest BCUT2D eigenvalue weighted by Gasteiger charge is 2.17. The van der Waals surface area contributed by atoms with Gasteiger partial charge in [0.05, 0.1) is 23.7 Å². The van der Waals surface area contributed by atoms with Gasteiger partial charge in [0, 0.05) is 18.8 Å². The summed E-state index contributed by atoms with van der Waals surface area (Å²) in [4.78, 5) is 8.50. The summed E-state index contributed by atoms with van der Waals surface area (Å²) in [5.74, 6) is 0. The Labute approximate surface area is 96.2 Å². The van der Waals surface area contributed by atoms with Crippen LogP contribution in [0.3, 0.4) is 0 Å². The van der Waals surface area contributed by atoms with Crippen LogP contribution in [0.5, 0.6) is 0 Å². The molecule has 4 nitrogen and oxygen atoms in total. The maximum atomic E-state index is 6.07. The second-order valence-electron chi connectivity index (χ2n) is 4.40. The molecule has 1 saturated heterocycles. The Hall–Kier alpha value is -1.00. The molecule has 0 radical (unpaired) electrons. The molecule has 0 bridgehead atoms. The molecule has 1 aliphatic heterocycles. The average Bonchev–Trinajstić information content (AvgIpc) is 2.80. The standard InChI is InChI=1S/C12H19N3O/c1-9-7-15-12(8-14-9)11(13)5-4-10-3-2-6-16-10/h7-8,10-11H,2-6,13H2,1H3. The molecule has 2 N–H and O–H groups in total. The second kappa shape index (κ2) is 5.37. The molecule has 1 aliphatic rings. The maximum Gasteiger partial charge on any atom is 0.0754 e. The minimum Gasteiger partial charge on any atom is -0.378 e. The van der Waals surface area contributed by atoms with Gasteiger partial charge in [0.2, 0.25) is 0 Å². The van der Waals surface area contributed by atoms with E-state index in [4.69, 9.17) is 10.5 Å². The first kappa shape index (κ1) is 11.5. The maximum absolute atomic E-state index is 6.07. The van der Waals surface area contributed by atoms with Crippen LogP contribution in [0.4, 0.5) is 0 Å². The first-order valence-electron chi connectivity index (χ1n) is 5.91. The van der Waals surface area contributed by atoms with Crippen molar-refractivity contribution in [1.82, 2.24) is 9.97 Å². The Kier molecular flexibility index (Phi) is 3.85. The zero-order valence-electron chi connectivity index (χ0n) is 9.72. The van der Waals surface area contributed by atoms with E-state index in [1.54, 1.807) is 12.4 Å². The third kappa shape index (κ3) is 3.00. The normalized spacial score (nSPS) is 22.2. The van der Waals surface area contributed by atoms with Gasteiger partial charge in [-0.2, -0.15) is 0 Å². The van der Waals surface area contributed by atoms with E-state index in [-0.39, 0.29) is 6.04 Å². The van der Waals surface area contributed by atoms with Gasteiger partial charge in [-0.25, -0.2) is 0 Å². The molecule has 0 aromatic carbocycles. The van der Waals surface area contributed by atoms with Crippen LogP contribution < -0.4 is 5.73 Å². The van der Waals surface area contributed by atoms with Crippen LogP contribution in [-0.2, 0) is 4.74 Å². The number of nitrogens with zero attached hydrogens (tertiary/aromatic N) is 2. The van der Waals surface area contributed by atoms with E-state index < -0.39 is 0 Å². The van der Waals surface area contributed by atoms with Crippen molar-refractivity contribution in [3.8, 4) is 0 Å². The lowest BCUT2D eigenvalue weighted by Gasteiger charge is -2.13. The summed E-state index contributed by atoms with van der Waals surface area (Å²) in [5, 5.41) is 0. The molecule has 0 aliphatic carbocycles. The van der Waals surface area contributed by atoms with Crippen LogP contribution in [0.25, 0.3) is 0 Å². The number of hydrogen-bond donors (Lipinski definition) is 1. The van der Waals surface area contributed by atoms with Gasteiger partial charge < -0.3 is 10.5 Å². The number of aryl methyl sites for hydroxylation is 1. The predicted molar refractivity (Wildman–Crippen MR) is 61.9 cm³/mol. The largest absolute Gasteiger partial charge is 0.378 e. The van der Waals surface area contributed by atoms with Gasteiger partial charge in [-0.15, -0.1) is 0 Å². The fraction of sp³-hybridized carbons (Fsp3) is 0.667. The molecule has 2 atom stereocenters. The van der Waals surface area contributed by atoms with Crippen molar-refractivity contribution in [3.63, 3.8) is 0 Å². The van der Waals surface area contributed by atoms with E-state index in [0.717, 1.165) is 30.8 Å². The summed E-state index contributed by atoms with van der Waals surface area (Å²) in [7, 11) is 0. The molecule has 1 fully saturated rings. The summed E-state index contributed by atoms with van der Waals surface area (Å²) < 4.78 is 5.57. The molecule has 16 heavy (non-hydrogen) atoms. The van der Waals surface area contributed by atoms with E-state index in [9.17, 15) is 0 Å². The minimum atomic E-state index is -0.0164. The van der Waals surface area contributed by atoms with Crippen molar-refractivity contribution < 1.29 is 4.74 Å². The van der Waals surface area contributed by atoms with Gasteiger partial charge in [0.15, 0.2) is 0 Å². The van der Waals surface area contributed by atoms with Crippen LogP contribution in [0.15, 0.2) is 12.4 Å². The van der Waals surface area contributed by atoms with Crippen LogP contribution in [-0.4, -0.2) is 22.7 Å². The molecular formula is C12H19N3O. The van der Waals surface area contributed by atoms with E-state index in [2.05, 4.69) is 9.97 Å². The van der Waals surface area contributed by atoms with Gasteiger partial charge in [0.1, 0.15) is 0 Å². The van der Waals surface area contributed by atoms with E-state index in [1.165, 1.54) is 12.8 Å². The number of hydrogen-bond acceptors (Lipinski definition) is 4. The van der Waals surface area contributed by atoms with Crippen molar-refractivity contribution in [3.05, 3.63) is 23.8 Å². The smallest absolute Gasteiger partial charge is 0.0754 e. The summed E-state index contributed by atoms with van der Waals surface area (Å²) in [6.45, 7) is 2.83. The monoisotopic (exact) mass is 221 g/mol. The zero-order valence-corrected chi connectivity index (χ0v) is 9.72. The van der Waals surface area contributed by atoms with Crippen molar-refractivity contribution in [2.24, 2.45) is 5.73 Å². The first-order chi connectivity index (χ1) is 7.75. The summed E-state index contributed by atoms with van der Waals surface area (Å²) in [6, 6.07) is -0.0164. The zero-order chi connectivity index (χ0) is 11.4. The quantitative estimate of drug-likeness (QED) is 0.841. The fourth-order valence-electron chi connectivity index (χ4n) is 1.98. The fourth-order valence-corrected chi connectivity index (χ4v) is 1.98. The predicted octanol–water partition coefficient (Wildman–Crippen LogP) is 1.74. The summed E-state index contributed by atoms with van der Waals surface area (Å²) in [6.07, 6.45) is 8.25. The Morgan fingerprint density at radius 2 is 2.38 bits per heavy atom. The first-order valence-corrected chi connectivity index (χ1v) is 5.91. The van der Waals surface area contributed by atoms with Crippen LogP contribution in [0, 0.1) is 6.92 Å². The van der Waals surface area contributed by atoms with E-state index in [1.807, 2.05) is 6.92 Å².